The number of fused-ring (bicyclic) bond motifs is 2. The summed E-state index contributed by atoms with van der Waals surface area (Å²) >= 11 is 0. The van der Waals surface area contributed by atoms with Crippen LogP contribution in [-0.4, -0.2) is 19.3 Å². The lowest BCUT2D eigenvalue weighted by atomic mass is 9.87. The maximum Gasteiger partial charge on any atom is 0.405 e. The first-order chi connectivity index (χ1) is 11.7. The second kappa shape index (κ2) is 6.07. The lowest BCUT2D eigenvalue weighted by molar-refractivity contribution is 0.0959. The van der Waals surface area contributed by atoms with E-state index in [1.807, 2.05) is 30.3 Å². The smallest absolute Gasteiger partial charge is 0.405 e. The summed E-state index contributed by atoms with van der Waals surface area (Å²) in [7, 11) is 0. The standard InChI is InChI=1S/C19H19NO4/c20-19(21)24-16-3-1-2-14-10-12(4-6-15(14)16)13-5-7-17-18(11-13)23-9-8-22-17/h4-7,10-11,16H,1-3,8-9H2,(H2,20,21). The van der Waals surface area contributed by atoms with Gasteiger partial charge in [0.25, 0.3) is 0 Å². The van der Waals surface area contributed by atoms with Crippen LogP contribution in [0.3, 0.4) is 0 Å². The second-order valence-corrected chi connectivity index (χ2v) is 6.09. The van der Waals surface area contributed by atoms with Crippen LogP contribution in [0.5, 0.6) is 11.5 Å². The van der Waals surface area contributed by atoms with Gasteiger partial charge in [0.2, 0.25) is 0 Å². The Morgan fingerprint density at radius 1 is 1.04 bits per heavy atom. The van der Waals surface area contributed by atoms with Crippen LogP contribution < -0.4 is 15.2 Å². The molecule has 5 nitrogen and oxygen atoms in total. The third kappa shape index (κ3) is 2.77. The Bertz CT molecular complexity index is 787. The summed E-state index contributed by atoms with van der Waals surface area (Å²) in [5.41, 5.74) is 9.64. The zero-order valence-electron chi connectivity index (χ0n) is 13.3. The van der Waals surface area contributed by atoms with Crippen molar-refractivity contribution in [3.05, 3.63) is 47.5 Å². The van der Waals surface area contributed by atoms with Gasteiger partial charge in [-0.05, 0) is 53.6 Å². The molecule has 24 heavy (non-hydrogen) atoms. The molecule has 1 aliphatic heterocycles. The van der Waals surface area contributed by atoms with E-state index in [0.717, 1.165) is 47.5 Å². The average molecular weight is 325 g/mol. The molecule has 0 saturated heterocycles. The van der Waals surface area contributed by atoms with Gasteiger partial charge in [-0.1, -0.05) is 24.3 Å². The van der Waals surface area contributed by atoms with Crippen molar-refractivity contribution >= 4 is 6.09 Å². The molecule has 2 aromatic carbocycles. The van der Waals surface area contributed by atoms with Gasteiger partial charge in [0.1, 0.15) is 19.3 Å². The van der Waals surface area contributed by atoms with Gasteiger partial charge in [0.05, 0.1) is 0 Å². The Morgan fingerprint density at radius 3 is 2.62 bits per heavy atom. The van der Waals surface area contributed by atoms with Crippen molar-refractivity contribution in [3.63, 3.8) is 0 Å². The SMILES string of the molecule is NC(=O)OC1CCCc2cc(-c3ccc4c(c3)OCCO4)ccc21. The molecule has 0 spiro atoms. The number of amides is 1. The summed E-state index contributed by atoms with van der Waals surface area (Å²) in [5, 5.41) is 0. The van der Waals surface area contributed by atoms with Crippen LogP contribution in [0.1, 0.15) is 30.1 Å². The Labute approximate surface area is 140 Å². The monoisotopic (exact) mass is 325 g/mol. The fourth-order valence-electron chi connectivity index (χ4n) is 3.43. The first-order valence-corrected chi connectivity index (χ1v) is 8.19. The van der Waals surface area contributed by atoms with Gasteiger partial charge >= 0.3 is 6.09 Å². The van der Waals surface area contributed by atoms with Gasteiger partial charge in [-0.2, -0.15) is 0 Å². The molecule has 0 bridgehead atoms. The molecule has 4 rings (SSSR count). The van der Waals surface area contributed by atoms with Crippen LogP contribution in [-0.2, 0) is 11.2 Å². The van der Waals surface area contributed by atoms with Crippen LogP contribution in [0.25, 0.3) is 11.1 Å². The number of carbonyl (C=O) groups is 1. The summed E-state index contributed by atoms with van der Waals surface area (Å²) in [6.07, 6.45) is 1.82. The van der Waals surface area contributed by atoms with Crippen molar-refractivity contribution in [3.8, 4) is 22.6 Å². The molecule has 5 heteroatoms. The van der Waals surface area contributed by atoms with E-state index in [1.54, 1.807) is 0 Å². The van der Waals surface area contributed by atoms with E-state index in [4.69, 9.17) is 19.9 Å². The molecule has 1 unspecified atom stereocenters. The summed E-state index contributed by atoms with van der Waals surface area (Å²) in [6, 6.07) is 12.2. The molecular formula is C19H19NO4. The van der Waals surface area contributed by atoms with E-state index in [0.29, 0.717) is 13.2 Å². The number of ether oxygens (including phenoxy) is 3. The van der Waals surface area contributed by atoms with E-state index >= 15 is 0 Å². The molecule has 1 heterocycles. The van der Waals surface area contributed by atoms with Crippen molar-refractivity contribution in [2.45, 2.75) is 25.4 Å². The number of aryl methyl sites for hydroxylation is 1. The first kappa shape index (κ1) is 14.9. The maximum absolute atomic E-state index is 11.1. The number of hydrogen-bond donors (Lipinski definition) is 1. The predicted molar refractivity (Wildman–Crippen MR) is 89.2 cm³/mol. The van der Waals surface area contributed by atoms with Gasteiger partial charge in [-0.25, -0.2) is 4.79 Å². The van der Waals surface area contributed by atoms with Gasteiger partial charge < -0.3 is 19.9 Å². The minimum absolute atomic E-state index is 0.236. The molecule has 1 aliphatic carbocycles. The van der Waals surface area contributed by atoms with Crippen LogP contribution >= 0.6 is 0 Å². The third-order valence-electron chi connectivity index (χ3n) is 4.54. The fraction of sp³-hybridized carbons (Fsp3) is 0.316. The van der Waals surface area contributed by atoms with E-state index in [2.05, 4.69) is 6.07 Å². The minimum Gasteiger partial charge on any atom is -0.486 e. The average Bonchev–Trinajstić information content (AvgIpc) is 2.60. The predicted octanol–water partition coefficient (Wildman–Crippen LogP) is 3.60. The quantitative estimate of drug-likeness (QED) is 0.916. The first-order valence-electron chi connectivity index (χ1n) is 8.19. The number of hydrogen-bond acceptors (Lipinski definition) is 4. The zero-order valence-corrected chi connectivity index (χ0v) is 13.3. The van der Waals surface area contributed by atoms with Crippen molar-refractivity contribution in [1.29, 1.82) is 0 Å². The fourth-order valence-corrected chi connectivity index (χ4v) is 3.43. The molecule has 0 radical (unpaired) electrons. The molecule has 2 aliphatic rings. The summed E-state index contributed by atoms with van der Waals surface area (Å²) in [6.45, 7) is 1.17. The Morgan fingerprint density at radius 2 is 1.79 bits per heavy atom. The molecule has 0 aromatic heterocycles. The zero-order chi connectivity index (χ0) is 16.5. The van der Waals surface area contributed by atoms with E-state index < -0.39 is 6.09 Å². The van der Waals surface area contributed by atoms with Crippen molar-refractivity contribution in [2.24, 2.45) is 5.73 Å². The van der Waals surface area contributed by atoms with Crippen LogP contribution in [0.4, 0.5) is 4.79 Å². The second-order valence-electron chi connectivity index (χ2n) is 6.09. The molecule has 2 aromatic rings. The minimum atomic E-state index is -0.719. The molecule has 0 saturated carbocycles. The van der Waals surface area contributed by atoms with Crippen LogP contribution in [0.15, 0.2) is 36.4 Å². The third-order valence-corrected chi connectivity index (χ3v) is 4.54. The summed E-state index contributed by atoms with van der Waals surface area (Å²) in [5.74, 6) is 1.57. The summed E-state index contributed by atoms with van der Waals surface area (Å²) in [4.78, 5) is 11.1. The highest BCUT2D eigenvalue weighted by Crippen LogP contribution is 2.38. The molecule has 1 amide bonds. The van der Waals surface area contributed by atoms with Gasteiger partial charge in [-0.15, -0.1) is 0 Å². The molecule has 2 N–H and O–H groups in total. The number of carbonyl (C=O) groups excluding carboxylic acids is 1. The van der Waals surface area contributed by atoms with Gasteiger partial charge in [0.15, 0.2) is 11.5 Å². The highest BCUT2D eigenvalue weighted by Gasteiger charge is 2.23. The molecule has 0 fully saturated rings. The van der Waals surface area contributed by atoms with E-state index in [-0.39, 0.29) is 6.10 Å². The summed E-state index contributed by atoms with van der Waals surface area (Å²) < 4.78 is 16.5. The van der Waals surface area contributed by atoms with Crippen molar-refractivity contribution < 1.29 is 19.0 Å². The highest BCUT2D eigenvalue weighted by atomic mass is 16.6. The maximum atomic E-state index is 11.1. The topological polar surface area (TPSA) is 70.8 Å². The highest BCUT2D eigenvalue weighted by molar-refractivity contribution is 5.69. The van der Waals surface area contributed by atoms with Crippen molar-refractivity contribution in [2.75, 3.05) is 13.2 Å². The lowest BCUT2D eigenvalue weighted by Gasteiger charge is -2.25. The lowest BCUT2D eigenvalue weighted by Crippen LogP contribution is -2.20. The van der Waals surface area contributed by atoms with Gasteiger partial charge in [0, 0.05) is 0 Å². The Kier molecular flexibility index (Phi) is 3.76. The largest absolute Gasteiger partial charge is 0.486 e. The van der Waals surface area contributed by atoms with E-state index in [9.17, 15) is 4.79 Å². The number of rotatable bonds is 2. The number of primary amides is 1. The van der Waals surface area contributed by atoms with Crippen LogP contribution in [0, 0.1) is 0 Å². The Hall–Kier alpha value is -2.69. The van der Waals surface area contributed by atoms with E-state index in [1.165, 1.54) is 5.56 Å². The Balaban J connectivity index is 1.67. The number of benzene rings is 2. The van der Waals surface area contributed by atoms with Gasteiger partial charge in [-0.3, -0.25) is 0 Å². The van der Waals surface area contributed by atoms with Crippen molar-refractivity contribution in [1.82, 2.24) is 0 Å². The number of nitrogens with two attached hydrogens (primary N) is 1. The van der Waals surface area contributed by atoms with Crippen LogP contribution in [0.2, 0.25) is 0 Å². The molecular weight excluding hydrogens is 306 g/mol. The molecule has 124 valence electrons. The molecule has 1 atom stereocenters. The normalized spacial score (nSPS) is 18.6.